The van der Waals surface area contributed by atoms with Crippen molar-refractivity contribution in [3.63, 3.8) is 0 Å². The highest BCUT2D eigenvalue weighted by atomic mass is 35.5. The first-order chi connectivity index (χ1) is 9.51. The first-order valence-corrected chi connectivity index (χ1v) is 7.42. The van der Waals surface area contributed by atoms with Crippen molar-refractivity contribution in [2.75, 3.05) is 53.4 Å². The second kappa shape index (κ2) is 9.55. The van der Waals surface area contributed by atoms with Gasteiger partial charge in [0, 0.05) is 39.1 Å². The van der Waals surface area contributed by atoms with Gasteiger partial charge >= 0.3 is 0 Å². The van der Waals surface area contributed by atoms with Crippen LogP contribution in [0.2, 0.25) is 0 Å². The highest BCUT2D eigenvalue weighted by Gasteiger charge is 2.38. The fourth-order valence-corrected chi connectivity index (χ4v) is 2.96. The molecule has 6 nitrogen and oxygen atoms in total. The van der Waals surface area contributed by atoms with E-state index >= 15 is 0 Å². The van der Waals surface area contributed by atoms with Crippen LogP contribution in [0.3, 0.4) is 0 Å². The maximum atomic E-state index is 12.4. The molecule has 2 fully saturated rings. The summed E-state index contributed by atoms with van der Waals surface area (Å²) in [6.45, 7) is 4.32. The van der Waals surface area contributed by atoms with Gasteiger partial charge < -0.3 is 20.4 Å². The zero-order valence-corrected chi connectivity index (χ0v) is 15.0. The maximum Gasteiger partial charge on any atom is 0.228 e. The minimum absolute atomic E-state index is 0. The summed E-state index contributed by atoms with van der Waals surface area (Å²) in [4.78, 5) is 30.2. The van der Waals surface area contributed by atoms with E-state index in [9.17, 15) is 9.59 Å². The monoisotopic (exact) mass is 354 g/mol. The number of likely N-dealkylation sites (tertiary alicyclic amines) is 2. The Morgan fingerprint density at radius 2 is 2.00 bits per heavy atom. The van der Waals surface area contributed by atoms with Crippen molar-refractivity contribution in [3.05, 3.63) is 0 Å². The molecule has 2 heterocycles. The molecule has 0 bridgehead atoms. The average Bonchev–Trinajstić information content (AvgIpc) is 3.02. The molecule has 0 saturated carbocycles. The fraction of sp³-hybridized carbons (Fsp3) is 0.857. The molecule has 2 unspecified atom stereocenters. The van der Waals surface area contributed by atoms with E-state index in [1.165, 1.54) is 0 Å². The molecule has 2 aliphatic heterocycles. The zero-order valence-electron chi connectivity index (χ0n) is 13.4. The van der Waals surface area contributed by atoms with Gasteiger partial charge in [-0.2, -0.15) is 0 Å². The van der Waals surface area contributed by atoms with Gasteiger partial charge in [-0.15, -0.1) is 24.8 Å². The van der Waals surface area contributed by atoms with Crippen molar-refractivity contribution in [2.24, 2.45) is 17.6 Å². The number of nitrogens with zero attached hydrogens (tertiary/aromatic N) is 3. The van der Waals surface area contributed by atoms with Gasteiger partial charge in [-0.05, 0) is 33.0 Å². The lowest BCUT2D eigenvalue weighted by Gasteiger charge is -2.22. The van der Waals surface area contributed by atoms with Gasteiger partial charge in [-0.25, -0.2) is 0 Å². The molecule has 2 rings (SSSR count). The number of amides is 2. The predicted octanol–water partition coefficient (Wildman–Crippen LogP) is 0.0473. The molecule has 2 amide bonds. The quantitative estimate of drug-likeness (QED) is 0.757. The van der Waals surface area contributed by atoms with E-state index in [0.717, 1.165) is 26.1 Å². The molecule has 0 aromatic carbocycles. The minimum Gasteiger partial charge on any atom is -0.342 e. The third kappa shape index (κ3) is 5.26. The topological polar surface area (TPSA) is 69.9 Å². The molecule has 0 aliphatic carbocycles. The molecule has 0 aromatic rings. The van der Waals surface area contributed by atoms with Crippen molar-refractivity contribution >= 4 is 36.6 Å². The lowest BCUT2D eigenvalue weighted by molar-refractivity contribution is -0.135. The molecular formula is C14H28Cl2N4O2. The van der Waals surface area contributed by atoms with Gasteiger partial charge in [0.15, 0.2) is 0 Å². The lowest BCUT2D eigenvalue weighted by atomic mass is 10.1. The summed E-state index contributed by atoms with van der Waals surface area (Å²) in [7, 11) is 3.97. The van der Waals surface area contributed by atoms with Crippen LogP contribution in [-0.4, -0.2) is 79.9 Å². The summed E-state index contributed by atoms with van der Waals surface area (Å²) in [5.74, 6) is 0.531. The van der Waals surface area contributed by atoms with Crippen molar-refractivity contribution in [2.45, 2.75) is 12.8 Å². The third-order valence-electron chi connectivity index (χ3n) is 4.31. The van der Waals surface area contributed by atoms with Crippen LogP contribution < -0.4 is 5.73 Å². The number of hydrogen-bond donors (Lipinski definition) is 1. The standard InChI is InChI=1S/C14H26N4O2.2ClH/c1-16(2)5-6-17-10-12(7-13(17)19)14(20)18-4-3-11(8-15)9-18;;/h11-12H,3-10,15H2,1-2H3;2*1H. The molecule has 8 heteroatoms. The van der Waals surface area contributed by atoms with Crippen LogP contribution >= 0.6 is 24.8 Å². The average molecular weight is 355 g/mol. The molecule has 130 valence electrons. The SMILES string of the molecule is CN(C)CCN1CC(C(=O)N2CCC(CN)C2)CC1=O.Cl.Cl. The number of halogens is 2. The number of carbonyl (C=O) groups is 2. The van der Waals surface area contributed by atoms with Gasteiger partial charge in [0.2, 0.25) is 11.8 Å². The van der Waals surface area contributed by atoms with E-state index in [1.54, 1.807) is 0 Å². The molecule has 2 N–H and O–H groups in total. The molecule has 2 saturated heterocycles. The van der Waals surface area contributed by atoms with E-state index in [0.29, 0.717) is 32.0 Å². The van der Waals surface area contributed by atoms with Gasteiger partial charge in [0.1, 0.15) is 0 Å². The third-order valence-corrected chi connectivity index (χ3v) is 4.31. The van der Waals surface area contributed by atoms with E-state index in [4.69, 9.17) is 5.73 Å². The molecule has 0 radical (unpaired) electrons. The molecule has 2 atom stereocenters. The minimum atomic E-state index is -0.152. The molecule has 0 spiro atoms. The first-order valence-electron chi connectivity index (χ1n) is 7.42. The Balaban J connectivity index is 0.00000220. The molecule has 0 aromatic heterocycles. The van der Waals surface area contributed by atoms with Gasteiger partial charge in [0.05, 0.1) is 5.92 Å². The molecule has 22 heavy (non-hydrogen) atoms. The summed E-state index contributed by atoms with van der Waals surface area (Å²) >= 11 is 0. The van der Waals surface area contributed by atoms with Crippen LogP contribution in [0, 0.1) is 11.8 Å². The molecular weight excluding hydrogens is 327 g/mol. The number of nitrogens with two attached hydrogens (primary N) is 1. The molecule has 2 aliphatic rings. The normalized spacial score (nSPS) is 24.5. The second-order valence-corrected chi connectivity index (χ2v) is 6.22. The van der Waals surface area contributed by atoms with Crippen LogP contribution in [-0.2, 0) is 9.59 Å². The van der Waals surface area contributed by atoms with Gasteiger partial charge in [-0.1, -0.05) is 0 Å². The van der Waals surface area contributed by atoms with Crippen LogP contribution in [0.4, 0.5) is 0 Å². The van der Waals surface area contributed by atoms with Crippen LogP contribution in [0.5, 0.6) is 0 Å². The Morgan fingerprint density at radius 3 is 2.55 bits per heavy atom. The number of rotatable bonds is 5. The fourth-order valence-electron chi connectivity index (χ4n) is 2.96. The highest BCUT2D eigenvalue weighted by Crippen LogP contribution is 2.23. The predicted molar refractivity (Wildman–Crippen MR) is 91.5 cm³/mol. The van der Waals surface area contributed by atoms with Crippen LogP contribution in [0.1, 0.15) is 12.8 Å². The second-order valence-electron chi connectivity index (χ2n) is 6.22. The lowest BCUT2D eigenvalue weighted by Crippen LogP contribution is -2.37. The highest BCUT2D eigenvalue weighted by molar-refractivity contribution is 5.89. The van der Waals surface area contributed by atoms with Crippen molar-refractivity contribution in [1.29, 1.82) is 0 Å². The Hall–Kier alpha value is -0.560. The summed E-state index contributed by atoms with van der Waals surface area (Å²) in [6, 6.07) is 0. The van der Waals surface area contributed by atoms with Gasteiger partial charge in [-0.3, -0.25) is 9.59 Å². The van der Waals surface area contributed by atoms with E-state index in [2.05, 4.69) is 4.90 Å². The number of hydrogen-bond acceptors (Lipinski definition) is 4. The summed E-state index contributed by atoms with van der Waals surface area (Å²) < 4.78 is 0. The first kappa shape index (κ1) is 21.4. The largest absolute Gasteiger partial charge is 0.342 e. The number of likely N-dealkylation sites (N-methyl/N-ethyl adjacent to an activating group) is 1. The van der Waals surface area contributed by atoms with Crippen LogP contribution in [0.15, 0.2) is 0 Å². The van der Waals surface area contributed by atoms with E-state index in [-0.39, 0.29) is 42.5 Å². The smallest absolute Gasteiger partial charge is 0.228 e. The Labute approximate surface area is 145 Å². The Bertz CT molecular complexity index is 382. The van der Waals surface area contributed by atoms with Crippen molar-refractivity contribution in [1.82, 2.24) is 14.7 Å². The van der Waals surface area contributed by atoms with E-state index < -0.39 is 0 Å². The summed E-state index contributed by atoms with van der Waals surface area (Å²) in [5.41, 5.74) is 5.66. The summed E-state index contributed by atoms with van der Waals surface area (Å²) in [5, 5.41) is 0. The maximum absolute atomic E-state index is 12.4. The van der Waals surface area contributed by atoms with E-state index in [1.807, 2.05) is 23.9 Å². The zero-order chi connectivity index (χ0) is 14.7. The number of carbonyl (C=O) groups excluding carboxylic acids is 2. The van der Waals surface area contributed by atoms with Crippen molar-refractivity contribution in [3.8, 4) is 0 Å². The van der Waals surface area contributed by atoms with Crippen LogP contribution in [0.25, 0.3) is 0 Å². The summed E-state index contributed by atoms with van der Waals surface area (Å²) in [6.07, 6.45) is 1.36. The van der Waals surface area contributed by atoms with Gasteiger partial charge in [0.25, 0.3) is 0 Å². The Morgan fingerprint density at radius 1 is 1.32 bits per heavy atom. The van der Waals surface area contributed by atoms with Crippen molar-refractivity contribution < 1.29 is 9.59 Å². The Kier molecular flexibility index (Phi) is 9.31.